The summed E-state index contributed by atoms with van der Waals surface area (Å²) in [6.45, 7) is 4.92. The molecule has 4 heteroatoms. The summed E-state index contributed by atoms with van der Waals surface area (Å²) in [7, 11) is 1.63. The van der Waals surface area contributed by atoms with Gasteiger partial charge in [-0.1, -0.05) is 6.42 Å². The van der Waals surface area contributed by atoms with Crippen LogP contribution in [0.15, 0.2) is 0 Å². The quantitative estimate of drug-likeness (QED) is 0.589. The molecule has 0 atom stereocenters. The predicted octanol–water partition coefficient (Wildman–Crippen LogP) is 1.30. The Hall–Kier alpha value is -0.610. The van der Waals surface area contributed by atoms with Gasteiger partial charge in [0.05, 0.1) is 13.2 Å². The van der Waals surface area contributed by atoms with E-state index in [4.69, 9.17) is 9.47 Å². The first-order chi connectivity index (χ1) is 7.77. The molecular formula is C12H23NO3. The Balaban J connectivity index is 2.14. The standard InChI is InChI=1S/C12H23NO3/c1-3-13(9-11-5-4-6-11)12(14)10-16-8-7-15-2/h11H,3-10H2,1-2H3. The fourth-order valence-corrected chi connectivity index (χ4v) is 1.79. The highest BCUT2D eigenvalue weighted by molar-refractivity contribution is 5.77. The normalized spacial score (nSPS) is 15.9. The Bertz CT molecular complexity index is 204. The van der Waals surface area contributed by atoms with Crippen molar-refractivity contribution in [3.8, 4) is 0 Å². The van der Waals surface area contributed by atoms with Crippen LogP contribution >= 0.6 is 0 Å². The Kier molecular flexibility index (Phi) is 6.42. The maximum atomic E-state index is 11.8. The lowest BCUT2D eigenvalue weighted by molar-refractivity contribution is -0.137. The number of nitrogens with zero attached hydrogens (tertiary/aromatic N) is 1. The van der Waals surface area contributed by atoms with Crippen LogP contribution in [0.5, 0.6) is 0 Å². The highest BCUT2D eigenvalue weighted by Crippen LogP contribution is 2.26. The van der Waals surface area contributed by atoms with Gasteiger partial charge in [0.25, 0.3) is 0 Å². The van der Waals surface area contributed by atoms with Crippen LogP contribution in [-0.4, -0.2) is 50.8 Å². The Morgan fingerprint density at radius 1 is 1.38 bits per heavy atom. The van der Waals surface area contributed by atoms with Crippen molar-refractivity contribution < 1.29 is 14.3 Å². The molecule has 0 spiro atoms. The van der Waals surface area contributed by atoms with Crippen LogP contribution in [0.2, 0.25) is 0 Å². The van der Waals surface area contributed by atoms with Gasteiger partial charge in [0.15, 0.2) is 0 Å². The number of rotatable bonds is 8. The molecule has 0 heterocycles. The SMILES string of the molecule is CCN(CC1CCC1)C(=O)COCCOC. The van der Waals surface area contributed by atoms with Crippen molar-refractivity contribution in [1.29, 1.82) is 0 Å². The molecule has 0 aromatic carbocycles. The van der Waals surface area contributed by atoms with Gasteiger partial charge in [-0.3, -0.25) is 4.79 Å². The molecule has 0 radical (unpaired) electrons. The van der Waals surface area contributed by atoms with Gasteiger partial charge < -0.3 is 14.4 Å². The first kappa shape index (κ1) is 13.5. The van der Waals surface area contributed by atoms with E-state index in [-0.39, 0.29) is 12.5 Å². The number of methoxy groups -OCH3 is 1. The first-order valence-electron chi connectivity index (χ1n) is 6.12. The van der Waals surface area contributed by atoms with Gasteiger partial charge in [0.2, 0.25) is 5.91 Å². The first-order valence-corrected chi connectivity index (χ1v) is 6.12. The summed E-state index contributed by atoms with van der Waals surface area (Å²) in [5.74, 6) is 0.827. The van der Waals surface area contributed by atoms with E-state index in [0.717, 1.165) is 19.0 Å². The molecule has 0 aromatic rings. The number of likely N-dealkylation sites (N-methyl/N-ethyl adjacent to an activating group) is 1. The molecule has 1 aliphatic rings. The summed E-state index contributed by atoms with van der Waals surface area (Å²) in [6, 6.07) is 0. The number of carbonyl (C=O) groups excluding carboxylic acids is 1. The average Bonchev–Trinajstić information content (AvgIpc) is 2.23. The summed E-state index contributed by atoms with van der Waals surface area (Å²) in [5.41, 5.74) is 0. The van der Waals surface area contributed by atoms with Crippen LogP contribution < -0.4 is 0 Å². The Morgan fingerprint density at radius 2 is 2.12 bits per heavy atom. The van der Waals surface area contributed by atoms with Crippen LogP contribution in [0.4, 0.5) is 0 Å². The van der Waals surface area contributed by atoms with Crippen LogP contribution in [0.1, 0.15) is 26.2 Å². The van der Waals surface area contributed by atoms with Crippen molar-refractivity contribution in [2.24, 2.45) is 5.92 Å². The van der Waals surface area contributed by atoms with E-state index in [1.165, 1.54) is 19.3 Å². The smallest absolute Gasteiger partial charge is 0.248 e. The second-order valence-corrected chi connectivity index (χ2v) is 4.27. The van der Waals surface area contributed by atoms with Crippen molar-refractivity contribution in [1.82, 2.24) is 4.90 Å². The third-order valence-corrected chi connectivity index (χ3v) is 3.10. The fraction of sp³-hybridized carbons (Fsp3) is 0.917. The molecule has 1 amide bonds. The van der Waals surface area contributed by atoms with Gasteiger partial charge in [-0.15, -0.1) is 0 Å². The fourth-order valence-electron chi connectivity index (χ4n) is 1.79. The van der Waals surface area contributed by atoms with E-state index in [2.05, 4.69) is 0 Å². The lowest BCUT2D eigenvalue weighted by Gasteiger charge is -2.31. The van der Waals surface area contributed by atoms with E-state index in [9.17, 15) is 4.79 Å². The maximum absolute atomic E-state index is 11.8. The molecule has 0 bridgehead atoms. The van der Waals surface area contributed by atoms with Crippen LogP contribution in [0.3, 0.4) is 0 Å². The van der Waals surface area contributed by atoms with Crippen molar-refractivity contribution in [3.63, 3.8) is 0 Å². The summed E-state index contributed by atoms with van der Waals surface area (Å²) >= 11 is 0. The van der Waals surface area contributed by atoms with Crippen LogP contribution in [-0.2, 0) is 14.3 Å². The summed E-state index contributed by atoms with van der Waals surface area (Å²) < 4.78 is 10.1. The number of ether oxygens (including phenoxy) is 2. The second kappa shape index (κ2) is 7.63. The van der Waals surface area contributed by atoms with E-state index in [1.54, 1.807) is 7.11 Å². The average molecular weight is 229 g/mol. The van der Waals surface area contributed by atoms with Gasteiger partial charge in [-0.2, -0.15) is 0 Å². The highest BCUT2D eigenvalue weighted by atomic mass is 16.5. The minimum absolute atomic E-state index is 0.102. The third-order valence-electron chi connectivity index (χ3n) is 3.10. The minimum atomic E-state index is 0.102. The molecule has 0 aliphatic heterocycles. The predicted molar refractivity (Wildman–Crippen MR) is 62.3 cm³/mol. The Morgan fingerprint density at radius 3 is 2.62 bits per heavy atom. The molecule has 0 saturated heterocycles. The van der Waals surface area contributed by atoms with E-state index in [1.807, 2.05) is 11.8 Å². The zero-order valence-electron chi connectivity index (χ0n) is 10.4. The molecule has 0 aromatic heterocycles. The summed E-state index contributed by atoms with van der Waals surface area (Å²) in [5, 5.41) is 0. The monoisotopic (exact) mass is 229 g/mol. The van der Waals surface area contributed by atoms with Crippen molar-refractivity contribution in [2.75, 3.05) is 40.0 Å². The number of amides is 1. The van der Waals surface area contributed by atoms with Crippen LogP contribution in [0.25, 0.3) is 0 Å². The van der Waals surface area contributed by atoms with Gasteiger partial charge in [0, 0.05) is 20.2 Å². The minimum Gasteiger partial charge on any atom is -0.382 e. The van der Waals surface area contributed by atoms with E-state index >= 15 is 0 Å². The molecule has 1 aliphatic carbocycles. The number of carbonyl (C=O) groups is 1. The van der Waals surface area contributed by atoms with Crippen molar-refractivity contribution >= 4 is 5.91 Å². The summed E-state index contributed by atoms with van der Waals surface area (Å²) in [4.78, 5) is 13.7. The number of hydrogen-bond donors (Lipinski definition) is 0. The zero-order chi connectivity index (χ0) is 11.8. The van der Waals surface area contributed by atoms with Gasteiger partial charge >= 0.3 is 0 Å². The zero-order valence-corrected chi connectivity index (χ0v) is 10.4. The van der Waals surface area contributed by atoms with Crippen molar-refractivity contribution in [3.05, 3.63) is 0 Å². The largest absolute Gasteiger partial charge is 0.382 e. The van der Waals surface area contributed by atoms with Gasteiger partial charge in [-0.25, -0.2) is 0 Å². The number of hydrogen-bond acceptors (Lipinski definition) is 3. The maximum Gasteiger partial charge on any atom is 0.248 e. The molecule has 94 valence electrons. The molecule has 1 saturated carbocycles. The Labute approximate surface area is 97.9 Å². The lowest BCUT2D eigenvalue weighted by atomic mass is 9.85. The second-order valence-electron chi connectivity index (χ2n) is 4.27. The van der Waals surface area contributed by atoms with Gasteiger partial charge in [0.1, 0.15) is 6.61 Å². The molecular weight excluding hydrogens is 206 g/mol. The van der Waals surface area contributed by atoms with E-state index in [0.29, 0.717) is 13.2 Å². The third kappa shape index (κ3) is 4.49. The molecule has 16 heavy (non-hydrogen) atoms. The summed E-state index contributed by atoms with van der Waals surface area (Å²) in [6.07, 6.45) is 3.86. The van der Waals surface area contributed by atoms with Crippen LogP contribution in [0, 0.1) is 5.92 Å². The molecule has 1 rings (SSSR count). The molecule has 0 unspecified atom stereocenters. The molecule has 1 fully saturated rings. The van der Waals surface area contributed by atoms with Crippen molar-refractivity contribution in [2.45, 2.75) is 26.2 Å². The molecule has 0 N–H and O–H groups in total. The molecule has 4 nitrogen and oxygen atoms in total. The van der Waals surface area contributed by atoms with E-state index < -0.39 is 0 Å². The van der Waals surface area contributed by atoms with Gasteiger partial charge in [-0.05, 0) is 25.7 Å². The lowest BCUT2D eigenvalue weighted by Crippen LogP contribution is -2.39. The highest BCUT2D eigenvalue weighted by Gasteiger charge is 2.22. The topological polar surface area (TPSA) is 38.8 Å².